The number of carbonyl (C=O) groups is 1. The normalized spacial score (nSPS) is 21.9. The zero-order valence-corrected chi connectivity index (χ0v) is 12.2. The van der Waals surface area contributed by atoms with Gasteiger partial charge in [0.05, 0.1) is 11.5 Å². The highest BCUT2D eigenvalue weighted by molar-refractivity contribution is 5.76. The maximum absolute atomic E-state index is 12.0. The van der Waals surface area contributed by atoms with Crippen molar-refractivity contribution in [3.05, 3.63) is 39.9 Å². The molecule has 0 aliphatic carbocycles. The predicted octanol–water partition coefficient (Wildman–Crippen LogP) is 2.43. The van der Waals surface area contributed by atoms with Gasteiger partial charge in [-0.15, -0.1) is 5.06 Å². The summed E-state index contributed by atoms with van der Waals surface area (Å²) in [5.41, 5.74) is 0.798. The Morgan fingerprint density at radius 2 is 2.05 bits per heavy atom. The van der Waals surface area contributed by atoms with Gasteiger partial charge in [-0.05, 0) is 25.0 Å². The number of ether oxygens (including phenoxy) is 1. The summed E-state index contributed by atoms with van der Waals surface area (Å²) in [4.78, 5) is 27.6. The van der Waals surface area contributed by atoms with Crippen LogP contribution in [0.5, 0.6) is 0 Å². The maximum Gasteiger partial charge on any atom is 0.326 e. The number of hydroxylamine groups is 2. The predicted molar refractivity (Wildman–Crippen MR) is 74.0 cm³/mol. The number of esters is 1. The van der Waals surface area contributed by atoms with Gasteiger partial charge in [0.2, 0.25) is 0 Å². The second kappa shape index (κ2) is 6.19. The molecule has 0 radical (unpaired) electrons. The van der Waals surface area contributed by atoms with Crippen molar-refractivity contribution in [3.8, 4) is 0 Å². The minimum absolute atomic E-state index is 0.0248. The molecule has 114 valence electrons. The molecule has 3 unspecified atom stereocenters. The third-order valence-electron chi connectivity index (χ3n) is 3.23. The summed E-state index contributed by atoms with van der Waals surface area (Å²) in [5, 5.41) is 12.2. The fourth-order valence-corrected chi connectivity index (χ4v) is 2.17. The van der Waals surface area contributed by atoms with Crippen molar-refractivity contribution in [2.45, 2.75) is 33.0 Å². The number of carbonyl (C=O) groups excluding carboxylic acids is 1. The Morgan fingerprint density at radius 1 is 1.43 bits per heavy atom. The standard InChI is InChI=1S/C14H18N2O5/c1-4-20-14(17)12(9(2)3)15-13(21-15)10-5-7-11(8-6-10)16(18)19/h5-9,12-13H,4H2,1-3H3. The molecule has 21 heavy (non-hydrogen) atoms. The lowest BCUT2D eigenvalue weighted by atomic mass is 10.0. The van der Waals surface area contributed by atoms with Crippen LogP contribution < -0.4 is 0 Å². The van der Waals surface area contributed by atoms with Gasteiger partial charge in [-0.3, -0.25) is 19.7 Å². The van der Waals surface area contributed by atoms with Crippen LogP contribution in [0.2, 0.25) is 0 Å². The molecule has 1 saturated heterocycles. The molecule has 0 saturated carbocycles. The summed E-state index contributed by atoms with van der Waals surface area (Å²) in [5.74, 6) is -0.288. The number of hydrogen-bond donors (Lipinski definition) is 0. The molecule has 1 fully saturated rings. The molecule has 1 aromatic carbocycles. The van der Waals surface area contributed by atoms with E-state index in [0.717, 1.165) is 5.56 Å². The maximum atomic E-state index is 12.0. The average molecular weight is 294 g/mol. The molecule has 0 spiro atoms. The number of non-ortho nitro benzene ring substituents is 1. The topological polar surface area (TPSA) is 85.0 Å². The summed E-state index contributed by atoms with van der Waals surface area (Å²) in [6.45, 7) is 5.90. The lowest BCUT2D eigenvalue weighted by Gasteiger charge is -2.17. The van der Waals surface area contributed by atoms with E-state index in [4.69, 9.17) is 9.57 Å². The van der Waals surface area contributed by atoms with Crippen LogP contribution in [0.25, 0.3) is 0 Å². The lowest BCUT2D eigenvalue weighted by Crippen LogP contribution is -2.35. The molecule has 1 aliphatic rings. The second-order valence-corrected chi connectivity index (χ2v) is 5.11. The van der Waals surface area contributed by atoms with E-state index in [0.29, 0.717) is 6.61 Å². The largest absolute Gasteiger partial charge is 0.465 e. The Hall–Kier alpha value is -1.99. The van der Waals surface area contributed by atoms with Crippen molar-refractivity contribution in [1.29, 1.82) is 0 Å². The molecule has 1 aromatic rings. The summed E-state index contributed by atoms with van der Waals surface area (Å²) >= 11 is 0. The van der Waals surface area contributed by atoms with Crippen LogP contribution in [0.4, 0.5) is 5.69 Å². The van der Waals surface area contributed by atoms with Gasteiger partial charge in [0.1, 0.15) is 6.04 Å². The Morgan fingerprint density at radius 3 is 2.52 bits per heavy atom. The molecule has 1 heterocycles. The van der Waals surface area contributed by atoms with Gasteiger partial charge in [-0.2, -0.15) is 0 Å². The van der Waals surface area contributed by atoms with Crippen LogP contribution in [0.1, 0.15) is 32.6 Å². The van der Waals surface area contributed by atoms with E-state index in [2.05, 4.69) is 0 Å². The van der Waals surface area contributed by atoms with E-state index in [-0.39, 0.29) is 23.8 Å². The molecule has 7 nitrogen and oxygen atoms in total. The van der Waals surface area contributed by atoms with Crippen molar-refractivity contribution >= 4 is 11.7 Å². The Bertz CT molecular complexity index is 529. The number of nitrogens with zero attached hydrogens (tertiary/aromatic N) is 2. The van der Waals surface area contributed by atoms with Gasteiger partial charge in [-0.25, -0.2) is 0 Å². The van der Waals surface area contributed by atoms with Crippen molar-refractivity contribution in [1.82, 2.24) is 5.06 Å². The molecule has 0 N–H and O–H groups in total. The summed E-state index contributed by atoms with van der Waals surface area (Å²) in [6, 6.07) is 5.62. The second-order valence-electron chi connectivity index (χ2n) is 5.11. The smallest absolute Gasteiger partial charge is 0.326 e. The fourth-order valence-electron chi connectivity index (χ4n) is 2.17. The van der Waals surface area contributed by atoms with Crippen LogP contribution in [0, 0.1) is 16.0 Å². The highest BCUT2D eigenvalue weighted by atomic mass is 16.8. The van der Waals surface area contributed by atoms with Crippen molar-refractivity contribution in [2.75, 3.05) is 6.61 Å². The summed E-state index contributed by atoms with van der Waals surface area (Å²) in [6.07, 6.45) is -0.359. The van der Waals surface area contributed by atoms with Crippen LogP contribution in [-0.4, -0.2) is 28.6 Å². The Labute approximate surface area is 122 Å². The third kappa shape index (κ3) is 3.37. The fraction of sp³-hybridized carbons (Fsp3) is 0.500. The van der Waals surface area contributed by atoms with Crippen LogP contribution in [0.15, 0.2) is 24.3 Å². The third-order valence-corrected chi connectivity index (χ3v) is 3.23. The van der Waals surface area contributed by atoms with Gasteiger partial charge in [-0.1, -0.05) is 13.8 Å². The first-order valence-corrected chi connectivity index (χ1v) is 6.81. The molecule has 3 atom stereocenters. The van der Waals surface area contributed by atoms with Gasteiger partial charge in [0.25, 0.3) is 5.69 Å². The van der Waals surface area contributed by atoms with Crippen LogP contribution in [-0.2, 0) is 14.4 Å². The molecule has 0 bridgehead atoms. The molecule has 0 aromatic heterocycles. The number of nitro benzene ring substituents is 1. The number of nitro groups is 1. The molecular formula is C14H18N2O5. The highest BCUT2D eigenvalue weighted by Gasteiger charge is 2.48. The Balaban J connectivity index is 2.08. The first-order valence-electron chi connectivity index (χ1n) is 6.81. The monoisotopic (exact) mass is 294 g/mol. The first kappa shape index (κ1) is 15.4. The number of rotatable bonds is 6. The number of benzene rings is 1. The zero-order valence-electron chi connectivity index (χ0n) is 12.2. The van der Waals surface area contributed by atoms with Gasteiger partial charge in [0, 0.05) is 17.7 Å². The summed E-state index contributed by atoms with van der Waals surface area (Å²) < 4.78 is 5.05. The lowest BCUT2D eigenvalue weighted by molar-refractivity contribution is -0.384. The number of hydrogen-bond acceptors (Lipinski definition) is 6. The first-order chi connectivity index (χ1) is 9.95. The molecular weight excluding hydrogens is 276 g/mol. The van der Waals surface area contributed by atoms with Gasteiger partial charge in [0.15, 0.2) is 6.23 Å². The van der Waals surface area contributed by atoms with E-state index in [1.54, 1.807) is 24.1 Å². The average Bonchev–Trinajstić information content (AvgIpc) is 3.19. The van der Waals surface area contributed by atoms with Crippen molar-refractivity contribution in [3.63, 3.8) is 0 Å². The molecule has 1 aliphatic heterocycles. The van der Waals surface area contributed by atoms with Crippen molar-refractivity contribution in [2.24, 2.45) is 5.92 Å². The molecule has 7 heteroatoms. The SMILES string of the molecule is CCOC(=O)C(C(C)C)N1OC1c1ccc([N+](=O)[O-])cc1. The van der Waals surface area contributed by atoms with Crippen molar-refractivity contribution < 1.29 is 19.3 Å². The van der Waals surface area contributed by atoms with E-state index < -0.39 is 11.0 Å². The Kier molecular flexibility index (Phi) is 4.54. The van der Waals surface area contributed by atoms with E-state index in [1.807, 2.05) is 13.8 Å². The van der Waals surface area contributed by atoms with Crippen LogP contribution in [0.3, 0.4) is 0 Å². The summed E-state index contributed by atoms with van der Waals surface area (Å²) in [7, 11) is 0. The molecule has 0 amide bonds. The quantitative estimate of drug-likeness (QED) is 0.347. The van der Waals surface area contributed by atoms with E-state index >= 15 is 0 Å². The van der Waals surface area contributed by atoms with Crippen LogP contribution >= 0.6 is 0 Å². The van der Waals surface area contributed by atoms with E-state index in [1.165, 1.54) is 12.1 Å². The highest BCUT2D eigenvalue weighted by Crippen LogP contribution is 2.41. The minimum atomic E-state index is -0.481. The van der Waals surface area contributed by atoms with E-state index in [9.17, 15) is 14.9 Å². The zero-order chi connectivity index (χ0) is 15.6. The molecule has 2 rings (SSSR count). The van der Waals surface area contributed by atoms with Gasteiger partial charge >= 0.3 is 5.97 Å². The van der Waals surface area contributed by atoms with Gasteiger partial charge < -0.3 is 4.74 Å². The minimum Gasteiger partial charge on any atom is -0.465 e.